The molecule has 0 unspecified atom stereocenters. The van der Waals surface area contributed by atoms with Crippen molar-refractivity contribution in [2.75, 3.05) is 0 Å². The standard InChI is InChI=1S/C19H19F2N3/c1-19(2,3)12-24-18(17-15(20)5-4-6-16(17)21)14(11-23-24)13-7-9-22-10-8-13/h4-11H,12H2,1-3H3. The molecule has 0 N–H and O–H groups in total. The molecule has 0 aliphatic rings. The van der Waals surface area contributed by atoms with E-state index in [-0.39, 0.29) is 11.0 Å². The maximum Gasteiger partial charge on any atom is 0.135 e. The van der Waals surface area contributed by atoms with Gasteiger partial charge in [0.25, 0.3) is 0 Å². The second-order valence-electron chi connectivity index (χ2n) is 6.96. The van der Waals surface area contributed by atoms with Crippen LogP contribution in [0.2, 0.25) is 0 Å². The second-order valence-corrected chi connectivity index (χ2v) is 6.96. The first-order valence-electron chi connectivity index (χ1n) is 7.77. The number of hydrogen-bond donors (Lipinski definition) is 0. The highest BCUT2D eigenvalue weighted by molar-refractivity contribution is 5.81. The molecule has 3 aromatic rings. The van der Waals surface area contributed by atoms with Crippen LogP contribution in [0, 0.1) is 17.0 Å². The Labute approximate surface area is 140 Å². The molecule has 3 rings (SSSR count). The van der Waals surface area contributed by atoms with E-state index >= 15 is 0 Å². The predicted molar refractivity (Wildman–Crippen MR) is 90.3 cm³/mol. The zero-order valence-corrected chi connectivity index (χ0v) is 13.9. The van der Waals surface area contributed by atoms with Crippen LogP contribution < -0.4 is 0 Å². The maximum atomic E-state index is 14.4. The Morgan fingerprint density at radius 2 is 1.62 bits per heavy atom. The number of hydrogen-bond acceptors (Lipinski definition) is 2. The highest BCUT2D eigenvalue weighted by Gasteiger charge is 2.23. The molecule has 0 atom stereocenters. The van der Waals surface area contributed by atoms with Gasteiger partial charge in [0, 0.05) is 24.5 Å². The molecule has 0 aliphatic carbocycles. The lowest BCUT2D eigenvalue weighted by Gasteiger charge is -2.21. The minimum absolute atomic E-state index is 0.0499. The minimum atomic E-state index is -0.596. The summed E-state index contributed by atoms with van der Waals surface area (Å²) in [5.74, 6) is -1.19. The van der Waals surface area contributed by atoms with Crippen LogP contribution in [0.3, 0.4) is 0 Å². The molecular weight excluding hydrogens is 308 g/mol. The summed E-state index contributed by atoms with van der Waals surface area (Å²) in [4.78, 5) is 4.00. The Morgan fingerprint density at radius 1 is 1.00 bits per heavy atom. The number of halogens is 2. The molecule has 0 saturated carbocycles. The van der Waals surface area contributed by atoms with Crippen molar-refractivity contribution in [3.8, 4) is 22.4 Å². The summed E-state index contributed by atoms with van der Waals surface area (Å²) >= 11 is 0. The van der Waals surface area contributed by atoms with Crippen LogP contribution in [0.1, 0.15) is 20.8 Å². The van der Waals surface area contributed by atoms with Gasteiger partial charge in [-0.15, -0.1) is 0 Å². The van der Waals surface area contributed by atoms with Gasteiger partial charge in [-0.3, -0.25) is 9.67 Å². The molecule has 0 radical (unpaired) electrons. The van der Waals surface area contributed by atoms with E-state index in [1.54, 1.807) is 35.4 Å². The fourth-order valence-corrected chi connectivity index (χ4v) is 2.69. The van der Waals surface area contributed by atoms with E-state index in [1.807, 2.05) is 0 Å². The maximum absolute atomic E-state index is 14.4. The third kappa shape index (κ3) is 3.20. The van der Waals surface area contributed by atoms with Crippen molar-refractivity contribution in [2.24, 2.45) is 5.41 Å². The molecule has 3 nitrogen and oxygen atoms in total. The molecule has 2 heterocycles. The summed E-state index contributed by atoms with van der Waals surface area (Å²) in [6, 6.07) is 7.51. The normalized spacial score (nSPS) is 11.7. The van der Waals surface area contributed by atoms with Crippen LogP contribution in [0.15, 0.2) is 48.9 Å². The average molecular weight is 327 g/mol. The first kappa shape index (κ1) is 16.3. The fourth-order valence-electron chi connectivity index (χ4n) is 2.69. The monoisotopic (exact) mass is 327 g/mol. The summed E-state index contributed by atoms with van der Waals surface area (Å²) in [6.07, 6.45) is 4.96. The van der Waals surface area contributed by atoms with Crippen molar-refractivity contribution >= 4 is 0 Å². The Hall–Kier alpha value is -2.56. The molecule has 0 bridgehead atoms. The van der Waals surface area contributed by atoms with Crippen molar-refractivity contribution in [3.63, 3.8) is 0 Å². The number of rotatable bonds is 3. The van der Waals surface area contributed by atoms with Gasteiger partial charge in [-0.25, -0.2) is 8.78 Å². The van der Waals surface area contributed by atoms with Crippen molar-refractivity contribution in [1.82, 2.24) is 14.8 Å². The quantitative estimate of drug-likeness (QED) is 0.682. The molecule has 24 heavy (non-hydrogen) atoms. The molecule has 1 aromatic carbocycles. The summed E-state index contributed by atoms with van der Waals surface area (Å²) in [5.41, 5.74) is 1.82. The molecular formula is C19H19F2N3. The lowest BCUT2D eigenvalue weighted by Crippen LogP contribution is -2.17. The van der Waals surface area contributed by atoms with Crippen LogP contribution in [0.25, 0.3) is 22.4 Å². The van der Waals surface area contributed by atoms with E-state index in [2.05, 4.69) is 30.9 Å². The van der Waals surface area contributed by atoms with Crippen LogP contribution in [0.4, 0.5) is 8.78 Å². The van der Waals surface area contributed by atoms with Crippen LogP contribution in [-0.2, 0) is 6.54 Å². The SMILES string of the molecule is CC(C)(C)Cn1ncc(-c2ccncc2)c1-c1c(F)cccc1F. The predicted octanol–water partition coefficient (Wildman–Crippen LogP) is 4.94. The average Bonchev–Trinajstić information content (AvgIpc) is 2.90. The highest BCUT2D eigenvalue weighted by atomic mass is 19.1. The van der Waals surface area contributed by atoms with Gasteiger partial charge in [0.05, 0.1) is 17.5 Å². The van der Waals surface area contributed by atoms with Crippen LogP contribution >= 0.6 is 0 Å². The van der Waals surface area contributed by atoms with Crippen molar-refractivity contribution in [2.45, 2.75) is 27.3 Å². The first-order chi connectivity index (χ1) is 11.4. The second kappa shape index (κ2) is 6.15. The van der Waals surface area contributed by atoms with Gasteiger partial charge in [0.1, 0.15) is 11.6 Å². The third-order valence-corrected chi connectivity index (χ3v) is 3.65. The largest absolute Gasteiger partial charge is 0.265 e. The van der Waals surface area contributed by atoms with Crippen LogP contribution in [-0.4, -0.2) is 14.8 Å². The van der Waals surface area contributed by atoms with E-state index < -0.39 is 11.6 Å². The van der Waals surface area contributed by atoms with Gasteiger partial charge in [-0.1, -0.05) is 26.8 Å². The van der Waals surface area contributed by atoms with Gasteiger partial charge < -0.3 is 0 Å². The summed E-state index contributed by atoms with van der Waals surface area (Å²) in [5, 5.41) is 4.40. The van der Waals surface area contributed by atoms with Crippen molar-refractivity contribution in [1.29, 1.82) is 0 Å². The number of aromatic nitrogens is 3. The van der Waals surface area contributed by atoms with Crippen molar-refractivity contribution in [3.05, 3.63) is 60.6 Å². The van der Waals surface area contributed by atoms with E-state index in [9.17, 15) is 8.78 Å². The first-order valence-corrected chi connectivity index (χ1v) is 7.77. The topological polar surface area (TPSA) is 30.7 Å². The van der Waals surface area contributed by atoms with E-state index in [0.717, 1.165) is 5.56 Å². The lowest BCUT2D eigenvalue weighted by molar-refractivity contribution is 0.327. The smallest absolute Gasteiger partial charge is 0.135 e. The zero-order chi connectivity index (χ0) is 17.3. The summed E-state index contributed by atoms with van der Waals surface area (Å²) in [7, 11) is 0. The molecule has 0 saturated heterocycles. The Balaban J connectivity index is 2.26. The number of benzene rings is 1. The molecule has 0 amide bonds. The van der Waals surface area contributed by atoms with Gasteiger partial charge in [-0.2, -0.15) is 5.10 Å². The Bertz CT molecular complexity index is 829. The minimum Gasteiger partial charge on any atom is -0.265 e. The van der Waals surface area contributed by atoms with Gasteiger partial charge in [0.2, 0.25) is 0 Å². The van der Waals surface area contributed by atoms with E-state index in [4.69, 9.17) is 0 Å². The van der Waals surface area contributed by atoms with E-state index in [1.165, 1.54) is 18.2 Å². The van der Waals surface area contributed by atoms with Gasteiger partial charge in [-0.05, 0) is 35.2 Å². The molecule has 124 valence electrons. The molecule has 0 aliphatic heterocycles. The van der Waals surface area contributed by atoms with Crippen LogP contribution in [0.5, 0.6) is 0 Å². The molecule has 2 aromatic heterocycles. The van der Waals surface area contributed by atoms with E-state index in [0.29, 0.717) is 17.8 Å². The highest BCUT2D eigenvalue weighted by Crippen LogP contribution is 2.36. The summed E-state index contributed by atoms with van der Waals surface area (Å²) < 4.78 is 30.5. The Morgan fingerprint density at radius 3 is 2.21 bits per heavy atom. The third-order valence-electron chi connectivity index (χ3n) is 3.65. The summed E-state index contributed by atoms with van der Waals surface area (Å²) in [6.45, 7) is 6.72. The lowest BCUT2D eigenvalue weighted by atomic mass is 9.96. The molecule has 0 spiro atoms. The zero-order valence-electron chi connectivity index (χ0n) is 13.9. The molecule has 5 heteroatoms. The number of pyridine rings is 1. The van der Waals surface area contributed by atoms with Gasteiger partial charge >= 0.3 is 0 Å². The van der Waals surface area contributed by atoms with Gasteiger partial charge in [0.15, 0.2) is 0 Å². The Kier molecular flexibility index (Phi) is 4.18. The van der Waals surface area contributed by atoms with Crippen molar-refractivity contribution < 1.29 is 8.78 Å². The molecule has 0 fully saturated rings. The number of nitrogens with zero attached hydrogens (tertiary/aromatic N) is 3. The fraction of sp³-hybridized carbons (Fsp3) is 0.263.